The molecule has 0 aliphatic rings. The average Bonchev–Trinajstić information content (AvgIpc) is 2.67. The number of esters is 1. The van der Waals surface area contributed by atoms with Gasteiger partial charge in [-0.1, -0.05) is 44.0 Å². The van der Waals surface area contributed by atoms with E-state index in [4.69, 9.17) is 15.9 Å². The number of para-hydroxylation sites is 1. The van der Waals surface area contributed by atoms with Crippen LogP contribution in [0.3, 0.4) is 0 Å². The Morgan fingerprint density at radius 2 is 1.96 bits per heavy atom. The van der Waals surface area contributed by atoms with Gasteiger partial charge >= 0.3 is 5.97 Å². The number of nitriles is 1. The topological polar surface area (TPSA) is 84.2 Å². The summed E-state index contributed by atoms with van der Waals surface area (Å²) in [6, 6.07) is 15.5. The molecule has 6 nitrogen and oxygen atoms in total. The van der Waals surface area contributed by atoms with Crippen molar-refractivity contribution in [2.75, 3.05) is 6.54 Å². The molecule has 0 fully saturated rings. The van der Waals surface area contributed by atoms with E-state index in [1.807, 2.05) is 38.1 Å². The molecule has 2 rings (SSSR count). The number of rotatable bonds is 8. The van der Waals surface area contributed by atoms with Gasteiger partial charge in [0.2, 0.25) is 12.0 Å². The van der Waals surface area contributed by atoms with Crippen molar-refractivity contribution in [2.45, 2.75) is 26.0 Å². The summed E-state index contributed by atoms with van der Waals surface area (Å²) in [5.41, 5.74) is 0.290. The lowest BCUT2D eigenvalue weighted by molar-refractivity contribution is -0.150. The smallest absolute Gasteiger partial charge is 0.325 e. The molecule has 1 heterocycles. The Balaban J connectivity index is 2.13. The standard InChI is InChI=1S/C21H21N3O3/c1-4-13-23-20(15(2)3)21(25)27-18(14-22)17-11-8-12-19(24-17)26-16-9-6-5-7-10-16/h1,5-12,15,18,20,23H,13H2,2-3H3. The van der Waals surface area contributed by atoms with Crippen LogP contribution in [0.1, 0.15) is 25.6 Å². The third-order valence-electron chi connectivity index (χ3n) is 3.68. The van der Waals surface area contributed by atoms with Gasteiger partial charge in [0.1, 0.15) is 17.9 Å². The predicted octanol–water partition coefficient (Wildman–Crippen LogP) is 3.23. The van der Waals surface area contributed by atoms with E-state index in [0.29, 0.717) is 17.3 Å². The highest BCUT2D eigenvalue weighted by Gasteiger charge is 2.27. The molecule has 2 aromatic rings. The fourth-order valence-corrected chi connectivity index (χ4v) is 2.35. The highest BCUT2D eigenvalue weighted by molar-refractivity contribution is 5.76. The molecule has 1 N–H and O–H groups in total. The number of carbonyl (C=O) groups is 1. The van der Waals surface area contributed by atoms with Crippen molar-refractivity contribution in [1.29, 1.82) is 5.26 Å². The molecule has 0 saturated carbocycles. The second-order valence-corrected chi connectivity index (χ2v) is 6.07. The predicted molar refractivity (Wildman–Crippen MR) is 101 cm³/mol. The monoisotopic (exact) mass is 363 g/mol. The molecule has 2 atom stereocenters. The minimum absolute atomic E-state index is 0.0501. The Labute approximate surface area is 159 Å². The lowest BCUT2D eigenvalue weighted by atomic mass is 10.0. The third-order valence-corrected chi connectivity index (χ3v) is 3.68. The lowest BCUT2D eigenvalue weighted by Crippen LogP contribution is -2.42. The van der Waals surface area contributed by atoms with Crippen LogP contribution in [0.25, 0.3) is 0 Å². The zero-order valence-corrected chi connectivity index (χ0v) is 15.3. The van der Waals surface area contributed by atoms with Crippen molar-refractivity contribution in [3.05, 3.63) is 54.2 Å². The zero-order valence-electron chi connectivity index (χ0n) is 15.3. The first-order valence-electron chi connectivity index (χ1n) is 8.52. The Kier molecular flexibility index (Phi) is 7.37. The Hall–Kier alpha value is -3.35. The van der Waals surface area contributed by atoms with Crippen LogP contribution in [-0.4, -0.2) is 23.5 Å². The first-order valence-corrected chi connectivity index (χ1v) is 8.52. The van der Waals surface area contributed by atoms with E-state index in [9.17, 15) is 10.1 Å². The summed E-state index contributed by atoms with van der Waals surface area (Å²) in [6.07, 6.45) is 4.09. The van der Waals surface area contributed by atoms with Gasteiger partial charge in [-0.3, -0.25) is 10.1 Å². The molecule has 0 saturated heterocycles. The molecular weight excluding hydrogens is 342 g/mol. The van der Waals surface area contributed by atoms with Gasteiger partial charge < -0.3 is 9.47 Å². The molecule has 2 unspecified atom stereocenters. The number of hydrogen-bond donors (Lipinski definition) is 1. The second kappa shape index (κ2) is 9.96. The number of nitrogens with zero attached hydrogens (tertiary/aromatic N) is 2. The van der Waals surface area contributed by atoms with Gasteiger partial charge in [-0.15, -0.1) is 6.42 Å². The lowest BCUT2D eigenvalue weighted by Gasteiger charge is -2.21. The first-order chi connectivity index (χ1) is 13.0. The van der Waals surface area contributed by atoms with E-state index in [1.165, 1.54) is 0 Å². The molecule has 1 aromatic heterocycles. The molecule has 0 aliphatic carbocycles. The van der Waals surface area contributed by atoms with Gasteiger partial charge in [0.05, 0.1) is 12.2 Å². The number of terminal acetylenes is 1. The average molecular weight is 363 g/mol. The molecule has 138 valence electrons. The fourth-order valence-electron chi connectivity index (χ4n) is 2.35. The molecule has 0 spiro atoms. The van der Waals surface area contributed by atoms with Crippen LogP contribution in [0.5, 0.6) is 11.6 Å². The van der Waals surface area contributed by atoms with Crippen LogP contribution in [0.4, 0.5) is 0 Å². The van der Waals surface area contributed by atoms with Gasteiger partial charge in [0, 0.05) is 6.07 Å². The van der Waals surface area contributed by atoms with Crippen LogP contribution in [0.15, 0.2) is 48.5 Å². The molecule has 0 bridgehead atoms. The van der Waals surface area contributed by atoms with Crippen molar-refractivity contribution in [1.82, 2.24) is 10.3 Å². The van der Waals surface area contributed by atoms with Crippen molar-refractivity contribution in [3.63, 3.8) is 0 Å². The number of hydrogen-bond acceptors (Lipinski definition) is 6. The van der Waals surface area contributed by atoms with Gasteiger partial charge in [-0.25, -0.2) is 4.98 Å². The Morgan fingerprint density at radius 1 is 1.22 bits per heavy atom. The third kappa shape index (κ3) is 5.85. The van der Waals surface area contributed by atoms with Gasteiger partial charge in [-0.2, -0.15) is 5.26 Å². The number of nitrogens with one attached hydrogen (secondary N) is 1. The second-order valence-electron chi connectivity index (χ2n) is 6.07. The fraction of sp³-hybridized carbons (Fsp3) is 0.286. The zero-order chi connectivity index (χ0) is 19.6. The molecular formula is C21H21N3O3. The molecule has 1 aromatic carbocycles. The molecule has 0 amide bonds. The van der Waals surface area contributed by atoms with E-state index in [0.717, 1.165) is 0 Å². The Bertz CT molecular complexity index is 838. The highest BCUT2D eigenvalue weighted by atomic mass is 16.5. The van der Waals surface area contributed by atoms with Gasteiger partial charge in [0.15, 0.2) is 0 Å². The number of ether oxygens (including phenoxy) is 2. The summed E-state index contributed by atoms with van der Waals surface area (Å²) in [5, 5.41) is 12.4. The minimum Gasteiger partial charge on any atom is -0.439 e. The summed E-state index contributed by atoms with van der Waals surface area (Å²) in [6.45, 7) is 3.96. The number of pyridine rings is 1. The maximum absolute atomic E-state index is 12.4. The molecule has 6 heteroatoms. The number of benzene rings is 1. The SMILES string of the molecule is C#CCNC(C(=O)OC(C#N)c1cccc(Oc2ccccc2)n1)C(C)C. The first kappa shape index (κ1) is 20.0. The van der Waals surface area contributed by atoms with Crippen molar-refractivity contribution >= 4 is 5.97 Å². The van der Waals surface area contributed by atoms with Crippen molar-refractivity contribution < 1.29 is 14.3 Å². The minimum atomic E-state index is -1.15. The number of carbonyl (C=O) groups excluding carboxylic acids is 1. The summed E-state index contributed by atoms with van der Waals surface area (Å²) in [4.78, 5) is 16.7. The van der Waals surface area contributed by atoms with E-state index in [1.54, 1.807) is 30.3 Å². The van der Waals surface area contributed by atoms with Gasteiger partial charge in [-0.05, 0) is 24.1 Å². The van der Waals surface area contributed by atoms with Crippen LogP contribution in [0.2, 0.25) is 0 Å². The Morgan fingerprint density at radius 3 is 2.59 bits per heavy atom. The summed E-state index contributed by atoms with van der Waals surface area (Å²) < 4.78 is 11.0. The molecule has 27 heavy (non-hydrogen) atoms. The van der Waals surface area contributed by atoms with E-state index in [-0.39, 0.29) is 12.5 Å². The number of aromatic nitrogens is 1. The quantitative estimate of drug-likeness (QED) is 0.573. The van der Waals surface area contributed by atoms with Crippen LogP contribution < -0.4 is 10.1 Å². The maximum Gasteiger partial charge on any atom is 0.325 e. The normalized spacial score (nSPS) is 12.5. The van der Waals surface area contributed by atoms with Gasteiger partial charge in [0.25, 0.3) is 0 Å². The van der Waals surface area contributed by atoms with E-state index >= 15 is 0 Å². The summed E-state index contributed by atoms with van der Waals surface area (Å²) in [5.74, 6) is 2.74. The van der Waals surface area contributed by atoms with Crippen molar-refractivity contribution in [3.8, 4) is 30.0 Å². The summed E-state index contributed by atoms with van der Waals surface area (Å²) >= 11 is 0. The van der Waals surface area contributed by atoms with Crippen LogP contribution in [-0.2, 0) is 9.53 Å². The largest absolute Gasteiger partial charge is 0.439 e. The molecule has 0 radical (unpaired) electrons. The highest BCUT2D eigenvalue weighted by Crippen LogP contribution is 2.23. The van der Waals surface area contributed by atoms with E-state index in [2.05, 4.69) is 16.2 Å². The van der Waals surface area contributed by atoms with E-state index < -0.39 is 18.1 Å². The van der Waals surface area contributed by atoms with Crippen LogP contribution in [0, 0.1) is 29.6 Å². The van der Waals surface area contributed by atoms with Crippen LogP contribution >= 0.6 is 0 Å². The maximum atomic E-state index is 12.4. The molecule has 0 aliphatic heterocycles. The summed E-state index contributed by atoms with van der Waals surface area (Å²) in [7, 11) is 0. The van der Waals surface area contributed by atoms with Crippen molar-refractivity contribution in [2.24, 2.45) is 5.92 Å².